The third-order valence-corrected chi connectivity index (χ3v) is 4.53. The highest BCUT2D eigenvalue weighted by molar-refractivity contribution is 7.99. The number of Topliss-reactive ketones (excluding diaryl/α,β-unsaturated/α-hetero) is 2. The minimum atomic E-state index is -0.735. The highest BCUT2D eigenvalue weighted by Gasteiger charge is 2.22. The Bertz CT molecular complexity index is 845. The van der Waals surface area contributed by atoms with Crippen molar-refractivity contribution in [2.45, 2.75) is 16.4 Å². The summed E-state index contributed by atoms with van der Waals surface area (Å²) >= 11 is 7.41. The number of H-pyrrole nitrogens is 1. The van der Waals surface area contributed by atoms with E-state index < -0.39 is 11.6 Å². The molecule has 0 atom stereocenters. The van der Waals surface area contributed by atoms with Gasteiger partial charge in [-0.3, -0.25) is 14.7 Å². The van der Waals surface area contributed by atoms with Gasteiger partial charge in [0.25, 0.3) is 5.78 Å². The number of nitrogens with zero attached hydrogens (tertiary/aromatic N) is 2. The fraction of sp³-hybridized carbons (Fsp3) is 0.0667. The Kier molecular flexibility index (Phi) is 4.59. The van der Waals surface area contributed by atoms with Crippen LogP contribution in [0, 0.1) is 0 Å². The number of carbonyl (C=O) groups is 2. The first-order chi connectivity index (χ1) is 11.1. The third-order valence-electron chi connectivity index (χ3n) is 2.97. The van der Waals surface area contributed by atoms with E-state index in [1.807, 2.05) is 18.2 Å². The predicted molar refractivity (Wildman–Crippen MR) is 83.7 cm³/mol. The van der Waals surface area contributed by atoms with Gasteiger partial charge in [-0.05, 0) is 18.2 Å². The maximum absolute atomic E-state index is 12.1. The van der Waals surface area contributed by atoms with E-state index in [4.69, 9.17) is 16.0 Å². The third kappa shape index (κ3) is 3.52. The normalized spacial score (nSPS) is 10.7. The highest BCUT2D eigenvalue weighted by atomic mass is 35.5. The van der Waals surface area contributed by atoms with Crippen LogP contribution >= 0.6 is 23.4 Å². The maximum atomic E-state index is 12.1. The SMILES string of the molecule is O=C(Cc1ccoc1Sc1ccccc1Cl)C(=O)c1nc[nH]n1. The van der Waals surface area contributed by atoms with Gasteiger partial charge in [0.05, 0.1) is 11.3 Å². The highest BCUT2D eigenvalue weighted by Crippen LogP contribution is 2.35. The zero-order chi connectivity index (χ0) is 16.2. The molecule has 0 saturated heterocycles. The van der Waals surface area contributed by atoms with Crippen LogP contribution in [0.2, 0.25) is 5.02 Å². The number of aromatic amines is 1. The lowest BCUT2D eigenvalue weighted by Crippen LogP contribution is -2.18. The Morgan fingerprint density at radius 2 is 2.09 bits per heavy atom. The molecule has 23 heavy (non-hydrogen) atoms. The van der Waals surface area contributed by atoms with Crippen LogP contribution in [0.25, 0.3) is 0 Å². The first-order valence-electron chi connectivity index (χ1n) is 6.57. The lowest BCUT2D eigenvalue weighted by atomic mass is 10.1. The Morgan fingerprint density at radius 3 is 2.83 bits per heavy atom. The van der Waals surface area contributed by atoms with E-state index in [-0.39, 0.29) is 12.2 Å². The zero-order valence-corrected chi connectivity index (χ0v) is 13.2. The topological polar surface area (TPSA) is 88.9 Å². The monoisotopic (exact) mass is 347 g/mol. The van der Waals surface area contributed by atoms with Crippen molar-refractivity contribution >= 4 is 34.9 Å². The fourth-order valence-electron chi connectivity index (χ4n) is 1.87. The van der Waals surface area contributed by atoms with Gasteiger partial charge in [0.2, 0.25) is 11.6 Å². The molecule has 0 saturated carbocycles. The second kappa shape index (κ2) is 6.80. The van der Waals surface area contributed by atoms with E-state index in [1.54, 1.807) is 12.1 Å². The van der Waals surface area contributed by atoms with E-state index in [9.17, 15) is 9.59 Å². The summed E-state index contributed by atoms with van der Waals surface area (Å²) in [6.07, 6.45) is 2.63. The summed E-state index contributed by atoms with van der Waals surface area (Å²) in [6, 6.07) is 8.95. The molecule has 0 spiro atoms. The maximum Gasteiger partial charge on any atom is 0.267 e. The smallest absolute Gasteiger partial charge is 0.267 e. The van der Waals surface area contributed by atoms with Crippen molar-refractivity contribution in [3.8, 4) is 0 Å². The molecular formula is C15H10ClN3O3S. The Balaban J connectivity index is 1.75. The standard InChI is InChI=1S/C15H10ClN3O3S/c16-10-3-1-2-4-12(10)23-15-9(5-6-22-15)7-11(20)13(21)14-17-8-18-19-14/h1-6,8H,7H2,(H,17,18,19). The first-order valence-corrected chi connectivity index (χ1v) is 7.76. The van der Waals surface area contributed by atoms with Gasteiger partial charge in [0, 0.05) is 16.9 Å². The van der Waals surface area contributed by atoms with Gasteiger partial charge in [-0.2, -0.15) is 0 Å². The minimum absolute atomic E-state index is 0.0866. The van der Waals surface area contributed by atoms with Crippen molar-refractivity contribution in [3.05, 3.63) is 59.3 Å². The predicted octanol–water partition coefficient (Wildman–Crippen LogP) is 3.20. The number of hydrogen-bond acceptors (Lipinski definition) is 6. The van der Waals surface area contributed by atoms with E-state index in [0.717, 1.165) is 4.90 Å². The number of nitrogens with one attached hydrogen (secondary N) is 1. The molecule has 1 N–H and O–H groups in total. The van der Waals surface area contributed by atoms with Gasteiger partial charge in [-0.1, -0.05) is 35.5 Å². The number of aromatic nitrogens is 3. The lowest BCUT2D eigenvalue weighted by molar-refractivity contribution is -0.114. The van der Waals surface area contributed by atoms with Crippen LogP contribution < -0.4 is 0 Å². The molecule has 0 amide bonds. The molecule has 0 radical (unpaired) electrons. The van der Waals surface area contributed by atoms with Crippen LogP contribution in [0.4, 0.5) is 0 Å². The van der Waals surface area contributed by atoms with Crippen LogP contribution in [-0.2, 0) is 11.2 Å². The number of ketones is 2. The molecule has 3 aromatic rings. The summed E-state index contributed by atoms with van der Waals surface area (Å²) in [5.41, 5.74) is 0.615. The summed E-state index contributed by atoms with van der Waals surface area (Å²) in [7, 11) is 0. The average Bonchev–Trinajstić information content (AvgIpc) is 3.21. The largest absolute Gasteiger partial charge is 0.457 e. The zero-order valence-electron chi connectivity index (χ0n) is 11.7. The molecule has 116 valence electrons. The Labute approximate surface area is 140 Å². The summed E-state index contributed by atoms with van der Waals surface area (Å²) in [4.78, 5) is 28.5. The molecule has 8 heteroatoms. The Hall–Kier alpha value is -2.38. The van der Waals surface area contributed by atoms with Crippen molar-refractivity contribution in [1.82, 2.24) is 15.2 Å². The molecule has 0 fully saturated rings. The summed E-state index contributed by atoms with van der Waals surface area (Å²) in [5, 5.41) is 7.13. The molecule has 6 nitrogen and oxygen atoms in total. The number of benzene rings is 1. The minimum Gasteiger partial charge on any atom is -0.457 e. The molecule has 0 aliphatic rings. The van der Waals surface area contributed by atoms with Gasteiger partial charge in [-0.25, -0.2) is 4.98 Å². The summed E-state index contributed by atoms with van der Waals surface area (Å²) in [6.45, 7) is 0. The van der Waals surface area contributed by atoms with Gasteiger partial charge in [0.1, 0.15) is 6.33 Å². The number of carbonyl (C=O) groups excluding carboxylic acids is 2. The second-order valence-corrected chi connectivity index (χ2v) is 5.94. The van der Waals surface area contributed by atoms with Crippen molar-refractivity contribution < 1.29 is 14.0 Å². The molecular weight excluding hydrogens is 338 g/mol. The molecule has 0 unspecified atom stereocenters. The molecule has 1 aromatic carbocycles. The molecule has 2 heterocycles. The fourth-order valence-corrected chi connectivity index (χ4v) is 3.00. The molecule has 0 aliphatic heterocycles. The number of halogens is 1. The van der Waals surface area contributed by atoms with Gasteiger partial charge in [0.15, 0.2) is 5.09 Å². The van der Waals surface area contributed by atoms with Gasteiger partial charge < -0.3 is 4.42 Å². The lowest BCUT2D eigenvalue weighted by Gasteiger charge is -2.03. The van der Waals surface area contributed by atoms with Crippen molar-refractivity contribution in [2.24, 2.45) is 0 Å². The van der Waals surface area contributed by atoms with Crippen LogP contribution in [0.3, 0.4) is 0 Å². The average molecular weight is 348 g/mol. The van der Waals surface area contributed by atoms with Gasteiger partial charge >= 0.3 is 0 Å². The molecule has 0 bridgehead atoms. The van der Waals surface area contributed by atoms with E-state index in [1.165, 1.54) is 24.4 Å². The summed E-state index contributed by atoms with van der Waals surface area (Å²) < 4.78 is 5.40. The van der Waals surface area contributed by atoms with Crippen LogP contribution in [0.5, 0.6) is 0 Å². The number of hydrogen-bond donors (Lipinski definition) is 1. The molecule has 0 aliphatic carbocycles. The van der Waals surface area contributed by atoms with Crippen molar-refractivity contribution in [2.75, 3.05) is 0 Å². The second-order valence-electron chi connectivity index (χ2n) is 4.52. The van der Waals surface area contributed by atoms with Crippen molar-refractivity contribution in [1.29, 1.82) is 0 Å². The van der Waals surface area contributed by atoms with Crippen molar-refractivity contribution in [3.63, 3.8) is 0 Å². The van der Waals surface area contributed by atoms with Crippen LogP contribution in [0.1, 0.15) is 16.2 Å². The molecule has 3 rings (SSSR count). The first kappa shape index (κ1) is 15.5. The molecule has 2 aromatic heterocycles. The van der Waals surface area contributed by atoms with E-state index >= 15 is 0 Å². The number of rotatable bonds is 6. The van der Waals surface area contributed by atoms with E-state index in [2.05, 4.69) is 15.2 Å². The van der Waals surface area contributed by atoms with Crippen LogP contribution in [-0.4, -0.2) is 26.7 Å². The number of furan rings is 1. The van der Waals surface area contributed by atoms with Crippen LogP contribution in [0.15, 0.2) is 57.3 Å². The van der Waals surface area contributed by atoms with E-state index in [0.29, 0.717) is 15.7 Å². The Morgan fingerprint density at radius 1 is 1.26 bits per heavy atom. The summed E-state index contributed by atoms with van der Waals surface area (Å²) in [5.74, 6) is -1.48. The quantitative estimate of drug-likeness (QED) is 0.544. The van der Waals surface area contributed by atoms with Gasteiger partial charge in [-0.15, -0.1) is 5.10 Å².